The van der Waals surface area contributed by atoms with E-state index in [0.717, 1.165) is 4.68 Å². The van der Waals surface area contributed by atoms with Crippen LogP contribution in [0.1, 0.15) is 6.92 Å². The normalized spacial score (nSPS) is 12.6. The van der Waals surface area contributed by atoms with Crippen molar-refractivity contribution < 1.29 is 18.0 Å². The van der Waals surface area contributed by atoms with E-state index in [4.69, 9.17) is 6.42 Å². The number of nitrogens with one attached hydrogen (secondary N) is 2. The van der Waals surface area contributed by atoms with Gasteiger partial charge in [0.1, 0.15) is 18.4 Å². The average Bonchev–Trinajstić information content (AvgIpc) is 2.70. The Labute approximate surface area is 108 Å². The van der Waals surface area contributed by atoms with Crippen molar-refractivity contribution in [3.05, 3.63) is 12.3 Å². The number of alkyl halides is 3. The summed E-state index contributed by atoms with van der Waals surface area (Å²) in [4.78, 5) is 11.5. The molecule has 8 heteroatoms. The van der Waals surface area contributed by atoms with Gasteiger partial charge in [-0.1, -0.05) is 5.92 Å². The molecule has 0 fully saturated rings. The van der Waals surface area contributed by atoms with Gasteiger partial charge in [0, 0.05) is 12.3 Å². The molecule has 104 valence electrons. The van der Waals surface area contributed by atoms with Crippen molar-refractivity contribution in [1.29, 1.82) is 0 Å². The summed E-state index contributed by atoms with van der Waals surface area (Å²) in [6, 6.07) is 0.707. The van der Waals surface area contributed by atoms with Gasteiger partial charge in [-0.15, -0.1) is 6.42 Å². The summed E-state index contributed by atoms with van der Waals surface area (Å²) < 4.78 is 37.1. The SMILES string of the molecule is C#CCNC(=O)[C@@H](C)Nc1ccn(CC(F)(F)F)n1. The highest BCUT2D eigenvalue weighted by atomic mass is 19.4. The van der Waals surface area contributed by atoms with Crippen molar-refractivity contribution in [2.24, 2.45) is 0 Å². The zero-order valence-electron chi connectivity index (χ0n) is 10.2. The van der Waals surface area contributed by atoms with Crippen LogP contribution in [0.4, 0.5) is 19.0 Å². The number of halogens is 3. The summed E-state index contributed by atoms with van der Waals surface area (Å²) >= 11 is 0. The minimum absolute atomic E-state index is 0.0906. The second-order valence-electron chi connectivity index (χ2n) is 3.80. The third-order valence-electron chi connectivity index (χ3n) is 2.10. The summed E-state index contributed by atoms with van der Waals surface area (Å²) in [5.41, 5.74) is 0. The molecule has 0 radical (unpaired) electrons. The van der Waals surface area contributed by atoms with Gasteiger partial charge in [0.15, 0.2) is 0 Å². The third-order valence-corrected chi connectivity index (χ3v) is 2.10. The number of aromatic nitrogens is 2. The molecule has 0 aliphatic carbocycles. The minimum Gasteiger partial charge on any atom is -0.357 e. The van der Waals surface area contributed by atoms with Crippen LogP contribution in [-0.2, 0) is 11.3 Å². The Balaban J connectivity index is 2.54. The Bertz CT molecular complexity index is 475. The highest BCUT2D eigenvalue weighted by Crippen LogP contribution is 2.17. The van der Waals surface area contributed by atoms with Crippen LogP contribution in [0, 0.1) is 12.3 Å². The van der Waals surface area contributed by atoms with Gasteiger partial charge in [0.05, 0.1) is 6.54 Å². The first kappa shape index (κ1) is 14.9. The molecule has 0 aliphatic rings. The Morgan fingerprint density at radius 1 is 1.63 bits per heavy atom. The number of rotatable bonds is 5. The van der Waals surface area contributed by atoms with E-state index in [1.165, 1.54) is 12.3 Å². The van der Waals surface area contributed by atoms with E-state index < -0.39 is 18.8 Å². The molecular formula is C11H13F3N4O. The van der Waals surface area contributed by atoms with Gasteiger partial charge in [-0.2, -0.15) is 18.3 Å². The maximum absolute atomic E-state index is 12.1. The lowest BCUT2D eigenvalue weighted by molar-refractivity contribution is -0.142. The molecule has 0 unspecified atom stereocenters. The van der Waals surface area contributed by atoms with Crippen LogP contribution in [0.25, 0.3) is 0 Å². The largest absolute Gasteiger partial charge is 0.408 e. The molecule has 0 saturated heterocycles. The fourth-order valence-corrected chi connectivity index (χ4v) is 1.29. The standard InChI is InChI=1S/C11H13F3N4O/c1-3-5-15-10(19)8(2)16-9-4-6-18(17-9)7-11(12,13)14/h1,4,6,8H,5,7H2,2H3,(H,15,19)(H,16,17)/t8-/m1/s1. The van der Waals surface area contributed by atoms with Crippen LogP contribution in [0.3, 0.4) is 0 Å². The summed E-state index contributed by atoms with van der Waals surface area (Å²) in [5.74, 6) is 2.07. The Hall–Kier alpha value is -2.17. The molecule has 2 N–H and O–H groups in total. The minimum atomic E-state index is -4.33. The molecule has 1 aromatic rings. The zero-order chi connectivity index (χ0) is 14.5. The molecule has 19 heavy (non-hydrogen) atoms. The molecule has 1 aromatic heterocycles. The second-order valence-corrected chi connectivity index (χ2v) is 3.80. The highest BCUT2D eigenvalue weighted by molar-refractivity contribution is 5.84. The summed E-state index contributed by atoms with van der Waals surface area (Å²) in [6.07, 6.45) is 1.83. The van der Waals surface area contributed by atoms with Crippen LogP contribution >= 0.6 is 0 Å². The fraction of sp³-hybridized carbons (Fsp3) is 0.455. The van der Waals surface area contributed by atoms with E-state index in [2.05, 4.69) is 21.7 Å². The van der Waals surface area contributed by atoms with Crippen molar-refractivity contribution in [1.82, 2.24) is 15.1 Å². The van der Waals surface area contributed by atoms with Crippen molar-refractivity contribution in [2.75, 3.05) is 11.9 Å². The van der Waals surface area contributed by atoms with Gasteiger partial charge in [-0.05, 0) is 6.92 Å². The van der Waals surface area contributed by atoms with Crippen molar-refractivity contribution in [3.63, 3.8) is 0 Å². The summed E-state index contributed by atoms with van der Waals surface area (Å²) in [6.45, 7) is 0.467. The fourth-order valence-electron chi connectivity index (χ4n) is 1.29. The van der Waals surface area contributed by atoms with Crippen LogP contribution in [0.15, 0.2) is 12.3 Å². The lowest BCUT2D eigenvalue weighted by Crippen LogP contribution is -2.37. The van der Waals surface area contributed by atoms with Gasteiger partial charge in [0.25, 0.3) is 0 Å². The van der Waals surface area contributed by atoms with E-state index in [9.17, 15) is 18.0 Å². The molecule has 0 bridgehead atoms. The Kier molecular flexibility index (Phi) is 4.80. The van der Waals surface area contributed by atoms with E-state index in [-0.39, 0.29) is 18.3 Å². The predicted molar refractivity (Wildman–Crippen MR) is 63.2 cm³/mol. The van der Waals surface area contributed by atoms with Gasteiger partial charge >= 0.3 is 6.18 Å². The number of terminal acetylenes is 1. The van der Waals surface area contributed by atoms with Gasteiger partial charge in [-0.3, -0.25) is 9.48 Å². The number of carbonyl (C=O) groups is 1. The van der Waals surface area contributed by atoms with Crippen LogP contribution < -0.4 is 10.6 Å². The average molecular weight is 274 g/mol. The molecule has 0 aliphatic heterocycles. The molecule has 5 nitrogen and oxygen atoms in total. The van der Waals surface area contributed by atoms with Gasteiger partial charge in [0.2, 0.25) is 5.91 Å². The van der Waals surface area contributed by atoms with Gasteiger partial charge < -0.3 is 10.6 Å². The van der Waals surface area contributed by atoms with Crippen LogP contribution in [0.5, 0.6) is 0 Å². The monoisotopic (exact) mass is 274 g/mol. The molecular weight excluding hydrogens is 261 g/mol. The maximum Gasteiger partial charge on any atom is 0.408 e. The molecule has 1 amide bonds. The highest BCUT2D eigenvalue weighted by Gasteiger charge is 2.28. The second kappa shape index (κ2) is 6.13. The number of amides is 1. The number of carbonyl (C=O) groups excluding carboxylic acids is 1. The molecule has 0 aromatic carbocycles. The first-order valence-electron chi connectivity index (χ1n) is 5.40. The van der Waals surface area contributed by atoms with E-state index in [0.29, 0.717) is 0 Å². The number of hydrogen-bond acceptors (Lipinski definition) is 3. The zero-order valence-corrected chi connectivity index (χ0v) is 10.2. The van der Waals surface area contributed by atoms with Crippen LogP contribution in [-0.4, -0.2) is 34.5 Å². The molecule has 0 spiro atoms. The quantitative estimate of drug-likeness (QED) is 0.787. The molecule has 0 saturated carbocycles. The number of anilines is 1. The first-order chi connectivity index (χ1) is 8.81. The Morgan fingerprint density at radius 2 is 2.32 bits per heavy atom. The van der Waals surface area contributed by atoms with Crippen molar-refractivity contribution in [2.45, 2.75) is 25.7 Å². The van der Waals surface area contributed by atoms with Crippen molar-refractivity contribution in [3.8, 4) is 12.3 Å². The maximum atomic E-state index is 12.1. The topological polar surface area (TPSA) is 59.0 Å². The molecule has 1 heterocycles. The molecule has 1 atom stereocenters. The van der Waals surface area contributed by atoms with E-state index in [1.54, 1.807) is 6.92 Å². The Morgan fingerprint density at radius 3 is 2.89 bits per heavy atom. The third kappa shape index (κ3) is 5.33. The number of hydrogen-bond donors (Lipinski definition) is 2. The van der Waals surface area contributed by atoms with Crippen molar-refractivity contribution >= 4 is 11.7 Å². The summed E-state index contributed by atoms with van der Waals surface area (Å²) in [7, 11) is 0. The number of nitrogens with zero attached hydrogens (tertiary/aromatic N) is 2. The summed E-state index contributed by atoms with van der Waals surface area (Å²) in [5, 5.41) is 8.79. The molecule has 1 rings (SSSR count). The predicted octanol–water partition coefficient (Wildman–Crippen LogP) is 0.995. The smallest absolute Gasteiger partial charge is 0.357 e. The first-order valence-corrected chi connectivity index (χ1v) is 5.40. The van der Waals surface area contributed by atoms with E-state index >= 15 is 0 Å². The lowest BCUT2D eigenvalue weighted by atomic mass is 10.3. The van der Waals surface area contributed by atoms with Crippen LogP contribution in [0.2, 0.25) is 0 Å². The lowest BCUT2D eigenvalue weighted by Gasteiger charge is -2.12. The van der Waals surface area contributed by atoms with E-state index in [1.807, 2.05) is 0 Å². The van der Waals surface area contributed by atoms with Gasteiger partial charge in [-0.25, -0.2) is 0 Å².